The zero-order chi connectivity index (χ0) is 9.26. The first-order chi connectivity index (χ1) is 6.27. The molecule has 1 aromatic carbocycles. The monoisotopic (exact) mass is 175 g/mol. The molecule has 0 atom stereocenters. The van der Waals surface area contributed by atoms with Crippen LogP contribution in [-0.4, -0.2) is 20.3 Å². The lowest BCUT2D eigenvalue weighted by Crippen LogP contribution is -2.11. The topological polar surface area (TPSA) is 69.6 Å². The number of aryl methyl sites for hydroxylation is 1. The third-order valence-corrected chi connectivity index (χ3v) is 1.81. The second kappa shape index (κ2) is 2.85. The van der Waals surface area contributed by atoms with E-state index in [0.29, 0.717) is 5.82 Å². The van der Waals surface area contributed by atoms with Gasteiger partial charge in [-0.1, -0.05) is 29.2 Å². The van der Waals surface area contributed by atoms with Crippen LogP contribution in [0.2, 0.25) is 0 Å². The summed E-state index contributed by atoms with van der Waals surface area (Å²) in [5.74, 6) is 5.85. The number of tetrazole rings is 1. The Morgan fingerprint density at radius 1 is 1.31 bits per heavy atom. The fraction of sp³-hybridized carbons (Fsp3) is 0.125. The highest BCUT2D eigenvalue weighted by atomic mass is 15.7. The molecule has 2 N–H and O–H groups in total. The summed E-state index contributed by atoms with van der Waals surface area (Å²) in [5.41, 5.74) is 2.06. The molecule has 0 radical (unpaired) electrons. The Labute approximate surface area is 75.1 Å². The van der Waals surface area contributed by atoms with Crippen molar-refractivity contribution in [2.45, 2.75) is 6.92 Å². The van der Waals surface area contributed by atoms with Gasteiger partial charge in [0.1, 0.15) is 0 Å². The first-order valence-electron chi connectivity index (χ1n) is 3.88. The number of nitrogens with two attached hydrogens (primary N) is 1. The smallest absolute Gasteiger partial charge is 0.207 e. The summed E-state index contributed by atoms with van der Waals surface area (Å²) < 4.78 is 0. The summed E-state index contributed by atoms with van der Waals surface area (Å²) in [5, 5.41) is 11.3. The highest BCUT2D eigenvalue weighted by Gasteiger charge is 2.05. The Morgan fingerprint density at radius 2 is 2.08 bits per heavy atom. The van der Waals surface area contributed by atoms with E-state index in [1.165, 1.54) is 0 Å². The lowest BCUT2D eigenvalue weighted by atomic mass is 10.1. The number of hydrogen-bond donors (Lipinski definition) is 1. The number of nitrogen functional groups attached to an aromatic ring is 1. The molecule has 0 unspecified atom stereocenters. The van der Waals surface area contributed by atoms with Crippen LogP contribution in [0.1, 0.15) is 5.56 Å². The van der Waals surface area contributed by atoms with Gasteiger partial charge in [-0.05, 0) is 17.7 Å². The van der Waals surface area contributed by atoms with Gasteiger partial charge in [0.05, 0.1) is 0 Å². The molecule has 2 aromatic rings. The number of hydrogen-bond acceptors (Lipinski definition) is 4. The van der Waals surface area contributed by atoms with E-state index in [4.69, 9.17) is 5.84 Å². The van der Waals surface area contributed by atoms with Crippen molar-refractivity contribution in [2.75, 3.05) is 5.84 Å². The van der Waals surface area contributed by atoms with Gasteiger partial charge in [-0.15, -0.1) is 10.2 Å². The lowest BCUT2D eigenvalue weighted by molar-refractivity contribution is 0.679. The fourth-order valence-electron chi connectivity index (χ4n) is 1.16. The van der Waals surface area contributed by atoms with Crippen molar-refractivity contribution < 1.29 is 0 Å². The Kier molecular flexibility index (Phi) is 1.70. The van der Waals surface area contributed by atoms with E-state index in [9.17, 15) is 0 Å². The van der Waals surface area contributed by atoms with E-state index >= 15 is 0 Å². The maximum absolute atomic E-state index is 5.30. The molecule has 66 valence electrons. The van der Waals surface area contributed by atoms with Crippen molar-refractivity contribution in [1.29, 1.82) is 0 Å². The maximum Gasteiger partial charge on any atom is 0.207 e. The molecule has 5 nitrogen and oxygen atoms in total. The molecular formula is C8H9N5. The molecule has 0 saturated carbocycles. The predicted octanol–water partition coefficient (Wildman–Crippen LogP) is 0.362. The van der Waals surface area contributed by atoms with Crippen LogP contribution in [0.4, 0.5) is 0 Å². The van der Waals surface area contributed by atoms with Gasteiger partial charge < -0.3 is 5.84 Å². The van der Waals surface area contributed by atoms with Gasteiger partial charge in [0.25, 0.3) is 0 Å². The van der Waals surface area contributed by atoms with Crippen LogP contribution in [0.3, 0.4) is 0 Å². The summed E-state index contributed by atoms with van der Waals surface area (Å²) in [4.78, 5) is 0.960. The standard InChI is InChI=1S/C8H9N5/c1-6-4-2-3-5-7(6)8-10-12-13(9)11-8/h2-5H,9H2,1H3. The minimum atomic E-state index is 0.556. The molecule has 0 spiro atoms. The molecule has 0 aliphatic heterocycles. The predicted molar refractivity (Wildman–Crippen MR) is 48.1 cm³/mol. The summed E-state index contributed by atoms with van der Waals surface area (Å²) in [6.07, 6.45) is 0. The second-order valence-corrected chi connectivity index (χ2v) is 2.75. The zero-order valence-electron chi connectivity index (χ0n) is 7.18. The molecule has 0 saturated heterocycles. The molecular weight excluding hydrogens is 166 g/mol. The molecule has 1 heterocycles. The van der Waals surface area contributed by atoms with Gasteiger partial charge in [0, 0.05) is 5.56 Å². The van der Waals surface area contributed by atoms with Gasteiger partial charge in [-0.25, -0.2) is 0 Å². The largest absolute Gasteiger partial charge is 0.304 e. The molecule has 0 fully saturated rings. The first kappa shape index (κ1) is 7.72. The minimum Gasteiger partial charge on any atom is -0.304 e. The van der Waals surface area contributed by atoms with E-state index in [2.05, 4.69) is 15.4 Å². The zero-order valence-corrected chi connectivity index (χ0v) is 7.18. The highest BCUT2D eigenvalue weighted by Crippen LogP contribution is 2.17. The van der Waals surface area contributed by atoms with E-state index in [1.54, 1.807) is 0 Å². The molecule has 0 aliphatic carbocycles. The van der Waals surface area contributed by atoms with Crippen LogP contribution in [0.25, 0.3) is 11.4 Å². The molecule has 5 heteroatoms. The number of aromatic nitrogens is 4. The number of nitrogens with zero attached hydrogens (tertiary/aromatic N) is 4. The van der Waals surface area contributed by atoms with E-state index < -0.39 is 0 Å². The summed E-state index contributed by atoms with van der Waals surface area (Å²) >= 11 is 0. The fourth-order valence-corrected chi connectivity index (χ4v) is 1.16. The van der Waals surface area contributed by atoms with E-state index in [-0.39, 0.29) is 0 Å². The van der Waals surface area contributed by atoms with Crippen LogP contribution in [0.15, 0.2) is 24.3 Å². The molecule has 0 aliphatic rings. The van der Waals surface area contributed by atoms with E-state index in [1.807, 2.05) is 31.2 Å². The van der Waals surface area contributed by atoms with Crippen molar-refractivity contribution in [3.05, 3.63) is 29.8 Å². The molecule has 2 rings (SSSR count). The number of rotatable bonds is 1. The molecule has 0 bridgehead atoms. The van der Waals surface area contributed by atoms with Crippen molar-refractivity contribution in [2.24, 2.45) is 0 Å². The van der Waals surface area contributed by atoms with E-state index in [0.717, 1.165) is 16.0 Å². The number of benzene rings is 1. The van der Waals surface area contributed by atoms with Gasteiger partial charge in [-0.3, -0.25) is 0 Å². The molecule has 0 amide bonds. The van der Waals surface area contributed by atoms with Crippen molar-refractivity contribution >= 4 is 0 Å². The van der Waals surface area contributed by atoms with Crippen LogP contribution in [0.5, 0.6) is 0 Å². The van der Waals surface area contributed by atoms with Gasteiger partial charge in [0.2, 0.25) is 5.82 Å². The first-order valence-corrected chi connectivity index (χ1v) is 3.88. The SMILES string of the molecule is Cc1ccccc1-c1nnn(N)n1. The average Bonchev–Trinajstić information content (AvgIpc) is 2.53. The van der Waals surface area contributed by atoms with Crippen molar-refractivity contribution in [1.82, 2.24) is 20.3 Å². The van der Waals surface area contributed by atoms with Crippen LogP contribution in [0, 0.1) is 6.92 Å². The van der Waals surface area contributed by atoms with Crippen LogP contribution in [-0.2, 0) is 0 Å². The quantitative estimate of drug-likeness (QED) is 0.635. The Hall–Kier alpha value is -1.91. The Morgan fingerprint density at radius 3 is 2.69 bits per heavy atom. The van der Waals surface area contributed by atoms with Gasteiger partial charge >= 0.3 is 0 Å². The average molecular weight is 175 g/mol. The van der Waals surface area contributed by atoms with Crippen molar-refractivity contribution in [3.8, 4) is 11.4 Å². The third kappa shape index (κ3) is 1.35. The van der Waals surface area contributed by atoms with Crippen molar-refractivity contribution in [3.63, 3.8) is 0 Å². The summed E-state index contributed by atoms with van der Waals surface area (Å²) in [6, 6.07) is 7.82. The van der Waals surface area contributed by atoms with Crippen LogP contribution >= 0.6 is 0 Å². The molecule has 13 heavy (non-hydrogen) atoms. The van der Waals surface area contributed by atoms with Gasteiger partial charge in [-0.2, -0.15) is 0 Å². The Balaban J connectivity index is 2.52. The third-order valence-electron chi connectivity index (χ3n) is 1.81. The summed E-state index contributed by atoms with van der Waals surface area (Å²) in [6.45, 7) is 1.99. The maximum atomic E-state index is 5.30. The Bertz CT molecular complexity index is 420. The second-order valence-electron chi connectivity index (χ2n) is 2.75. The summed E-state index contributed by atoms with van der Waals surface area (Å²) in [7, 11) is 0. The molecule has 1 aromatic heterocycles. The minimum absolute atomic E-state index is 0.556. The normalized spacial score (nSPS) is 10.2. The highest BCUT2D eigenvalue weighted by molar-refractivity contribution is 5.58. The van der Waals surface area contributed by atoms with Gasteiger partial charge in [0.15, 0.2) is 0 Å². The lowest BCUT2D eigenvalue weighted by Gasteiger charge is -1.97. The van der Waals surface area contributed by atoms with Crippen LogP contribution < -0.4 is 5.84 Å².